The first-order valence-corrected chi connectivity index (χ1v) is 14.4. The van der Waals surface area contributed by atoms with E-state index in [1.54, 1.807) is 9.80 Å². The lowest BCUT2D eigenvalue weighted by molar-refractivity contribution is -0.130. The quantitative estimate of drug-likeness (QED) is 0.312. The number of nitrogens with zero attached hydrogens (tertiary/aromatic N) is 7. The normalized spacial score (nSPS) is 17.9. The monoisotopic (exact) mass is 615 g/mol. The number of hydrogen-bond donors (Lipinski definition) is 0. The lowest BCUT2D eigenvalue weighted by Gasteiger charge is -2.49. The molecule has 11 nitrogen and oxygen atoms in total. The number of rotatable bonds is 5. The minimum absolute atomic E-state index is 0.00257. The second-order valence-electron chi connectivity index (χ2n) is 11.4. The molecule has 6 rings (SSSR count). The van der Waals surface area contributed by atoms with Gasteiger partial charge < -0.3 is 19.4 Å². The van der Waals surface area contributed by atoms with Crippen molar-refractivity contribution in [3.05, 3.63) is 77.0 Å². The van der Waals surface area contributed by atoms with Gasteiger partial charge in [-0.25, -0.2) is 23.3 Å². The Labute approximate surface area is 257 Å². The molecule has 45 heavy (non-hydrogen) atoms. The number of halogens is 2. The third-order valence-electron chi connectivity index (χ3n) is 8.38. The van der Waals surface area contributed by atoms with E-state index in [0.29, 0.717) is 5.69 Å². The summed E-state index contributed by atoms with van der Waals surface area (Å²) >= 11 is 0. The van der Waals surface area contributed by atoms with Crippen LogP contribution >= 0.6 is 0 Å². The maximum Gasteiger partial charge on any atom is 0.284 e. The summed E-state index contributed by atoms with van der Waals surface area (Å²) in [6.07, 6.45) is 4.11. The fourth-order valence-corrected chi connectivity index (χ4v) is 6.24. The van der Waals surface area contributed by atoms with E-state index in [0.717, 1.165) is 0 Å². The van der Waals surface area contributed by atoms with E-state index in [9.17, 15) is 14.4 Å². The van der Waals surface area contributed by atoms with Gasteiger partial charge in [-0.2, -0.15) is 0 Å². The molecule has 2 atom stereocenters. The Bertz CT molecular complexity index is 1960. The minimum Gasteiger partial charge on any atom is -0.496 e. The van der Waals surface area contributed by atoms with Crippen molar-refractivity contribution in [1.82, 2.24) is 24.4 Å². The molecule has 0 unspecified atom stereocenters. The first-order valence-electron chi connectivity index (χ1n) is 14.4. The van der Waals surface area contributed by atoms with Crippen LogP contribution in [0.1, 0.15) is 32.4 Å². The lowest BCUT2D eigenvalue weighted by Crippen LogP contribution is -2.66. The zero-order valence-electron chi connectivity index (χ0n) is 25.4. The Morgan fingerprint density at radius 2 is 1.84 bits per heavy atom. The molecule has 5 heterocycles. The second kappa shape index (κ2) is 11.1. The van der Waals surface area contributed by atoms with Gasteiger partial charge in [0.05, 0.1) is 30.6 Å². The zero-order valence-corrected chi connectivity index (χ0v) is 25.4. The molecule has 4 aromatic rings. The summed E-state index contributed by atoms with van der Waals surface area (Å²) in [4.78, 5) is 59.1. The molecule has 0 spiro atoms. The Morgan fingerprint density at radius 3 is 2.53 bits per heavy atom. The van der Waals surface area contributed by atoms with Crippen LogP contribution in [0.25, 0.3) is 28.1 Å². The molecule has 1 saturated heterocycles. The van der Waals surface area contributed by atoms with Gasteiger partial charge in [0.15, 0.2) is 17.3 Å². The molecular weight excluding hydrogens is 584 g/mol. The number of fused-ring (bicyclic) bond motifs is 5. The van der Waals surface area contributed by atoms with Crippen LogP contribution in [0.4, 0.5) is 20.2 Å². The van der Waals surface area contributed by atoms with Gasteiger partial charge in [-0.1, -0.05) is 26.5 Å². The molecule has 0 aliphatic carbocycles. The average molecular weight is 616 g/mol. The first kappa shape index (κ1) is 29.9. The Balaban J connectivity index is 1.74. The van der Waals surface area contributed by atoms with Crippen molar-refractivity contribution in [3.63, 3.8) is 0 Å². The number of likely N-dealkylation sites (N-methyl/N-ethyl adjacent to an activating group) is 1. The van der Waals surface area contributed by atoms with Gasteiger partial charge in [0.2, 0.25) is 5.91 Å². The molecule has 2 amide bonds. The number of methoxy groups -OCH3 is 1. The third-order valence-corrected chi connectivity index (χ3v) is 8.38. The van der Waals surface area contributed by atoms with E-state index in [1.807, 2.05) is 20.8 Å². The predicted octanol–water partition coefficient (Wildman–Crippen LogP) is 3.82. The lowest BCUT2D eigenvalue weighted by atomic mass is 9.98. The smallest absolute Gasteiger partial charge is 0.284 e. The first-order chi connectivity index (χ1) is 21.5. The van der Waals surface area contributed by atoms with Crippen LogP contribution in [0.2, 0.25) is 0 Å². The van der Waals surface area contributed by atoms with Crippen molar-refractivity contribution in [2.24, 2.45) is 0 Å². The van der Waals surface area contributed by atoms with Crippen molar-refractivity contribution in [1.29, 1.82) is 0 Å². The molecule has 0 N–H and O–H groups in total. The summed E-state index contributed by atoms with van der Waals surface area (Å²) in [6, 6.07) is 4.04. The van der Waals surface area contributed by atoms with Crippen LogP contribution in [-0.4, -0.2) is 75.6 Å². The van der Waals surface area contributed by atoms with E-state index in [2.05, 4.69) is 21.5 Å². The summed E-state index contributed by atoms with van der Waals surface area (Å²) in [5, 5.41) is 0.196. The molecule has 13 heteroatoms. The van der Waals surface area contributed by atoms with Crippen molar-refractivity contribution in [2.75, 3.05) is 37.0 Å². The maximum atomic E-state index is 16.2. The van der Waals surface area contributed by atoms with E-state index >= 15 is 8.78 Å². The fourth-order valence-electron chi connectivity index (χ4n) is 6.24. The number of anilines is 2. The van der Waals surface area contributed by atoms with Crippen molar-refractivity contribution in [2.45, 2.75) is 38.8 Å². The van der Waals surface area contributed by atoms with Crippen molar-refractivity contribution < 1.29 is 23.1 Å². The van der Waals surface area contributed by atoms with Gasteiger partial charge in [0, 0.05) is 37.4 Å². The van der Waals surface area contributed by atoms with Crippen LogP contribution in [0, 0.1) is 11.6 Å². The van der Waals surface area contributed by atoms with Crippen LogP contribution in [-0.2, 0) is 9.59 Å². The van der Waals surface area contributed by atoms with Gasteiger partial charge in [0.25, 0.3) is 11.5 Å². The van der Waals surface area contributed by atoms with Crippen molar-refractivity contribution >= 4 is 34.2 Å². The maximum absolute atomic E-state index is 16.2. The number of ether oxygens (including phenoxy) is 1. The Hall–Kier alpha value is -5.20. The molecular formula is C32H31F2N7O4. The van der Waals surface area contributed by atoms with Gasteiger partial charge in [-0.05, 0) is 37.1 Å². The molecule has 232 valence electrons. The molecule has 0 bridgehead atoms. The molecule has 1 aromatic carbocycles. The van der Waals surface area contributed by atoms with Crippen LogP contribution in [0.5, 0.6) is 5.75 Å². The Kier molecular flexibility index (Phi) is 7.34. The molecule has 0 radical (unpaired) electrons. The fraction of sp³-hybridized carbons (Fsp3) is 0.312. The minimum atomic E-state index is -0.869. The highest BCUT2D eigenvalue weighted by Crippen LogP contribution is 2.43. The number of carbonyl (C=O) groups is 2. The topological polar surface area (TPSA) is 114 Å². The Morgan fingerprint density at radius 1 is 1.11 bits per heavy atom. The summed E-state index contributed by atoms with van der Waals surface area (Å²) < 4.78 is 38.1. The SMILES string of the molecule is C=CC(=O)N1C[C@@H]2C(=O)N(C)c3c(c4cc(F)c(-c5c(F)cccc5OC)nc4n(-c4nccnc4C(C)C)c3=O)N2C[C@H]1C. The van der Waals surface area contributed by atoms with E-state index in [-0.39, 0.29) is 76.2 Å². The number of benzene rings is 1. The molecule has 2 aliphatic rings. The highest BCUT2D eigenvalue weighted by atomic mass is 19.1. The molecule has 1 fully saturated rings. The number of aromatic nitrogens is 4. The molecule has 2 aliphatic heterocycles. The summed E-state index contributed by atoms with van der Waals surface area (Å²) in [5.41, 5.74) is -0.494. The van der Waals surface area contributed by atoms with Crippen LogP contribution in [0.15, 0.2) is 54.1 Å². The average Bonchev–Trinajstić information content (AvgIpc) is 3.02. The van der Waals surface area contributed by atoms with Gasteiger partial charge in [-0.3, -0.25) is 19.4 Å². The van der Waals surface area contributed by atoms with Gasteiger partial charge >= 0.3 is 0 Å². The van der Waals surface area contributed by atoms with Crippen LogP contribution < -0.4 is 20.1 Å². The highest BCUT2D eigenvalue weighted by molar-refractivity contribution is 6.12. The van der Waals surface area contributed by atoms with E-state index < -0.39 is 29.1 Å². The highest BCUT2D eigenvalue weighted by Gasteiger charge is 2.46. The van der Waals surface area contributed by atoms with Crippen LogP contribution in [0.3, 0.4) is 0 Å². The summed E-state index contributed by atoms with van der Waals surface area (Å²) in [7, 11) is 2.80. The number of carbonyl (C=O) groups excluding carboxylic acids is 2. The standard InChI is InChI=1S/C32H31F2N7O4/c1-7-23(42)39-15-21-31(43)38(5)28-27(40(21)14-17(39)4)18-13-20(34)26(24-19(33)9-8-10-22(24)45-6)37-29(18)41(32(28)44)30-25(16(2)3)35-11-12-36-30/h7-13,16-17,21H,1,14-15H2,2-6H3/t17-,21-/m1/s1. The molecule has 3 aromatic heterocycles. The summed E-state index contributed by atoms with van der Waals surface area (Å²) in [5.74, 6) is -2.36. The second-order valence-corrected chi connectivity index (χ2v) is 11.4. The summed E-state index contributed by atoms with van der Waals surface area (Å²) in [6.45, 7) is 9.36. The number of pyridine rings is 2. The van der Waals surface area contributed by atoms with Crippen molar-refractivity contribution in [3.8, 4) is 22.8 Å². The molecule has 0 saturated carbocycles. The largest absolute Gasteiger partial charge is 0.496 e. The van der Waals surface area contributed by atoms with E-state index in [4.69, 9.17) is 4.74 Å². The number of hydrogen-bond acceptors (Lipinski definition) is 8. The third kappa shape index (κ3) is 4.52. The van der Waals surface area contributed by atoms with E-state index in [1.165, 1.54) is 66.4 Å². The number of amides is 2. The number of piperazine rings is 1. The van der Waals surface area contributed by atoms with Gasteiger partial charge in [0.1, 0.15) is 29.0 Å². The predicted molar refractivity (Wildman–Crippen MR) is 165 cm³/mol. The zero-order chi connectivity index (χ0) is 32.3. The van der Waals surface area contributed by atoms with Gasteiger partial charge in [-0.15, -0.1) is 0 Å².